The molecular weight excluding hydrogens is 343 g/mol. The van der Waals surface area contributed by atoms with E-state index in [0.29, 0.717) is 0 Å². The smallest absolute Gasteiger partial charge is 0.372 e. The van der Waals surface area contributed by atoms with Crippen molar-refractivity contribution in [1.29, 1.82) is 0 Å². The van der Waals surface area contributed by atoms with Gasteiger partial charge in [-0.3, -0.25) is 10.1 Å². The van der Waals surface area contributed by atoms with E-state index < -0.39 is 23.3 Å². The van der Waals surface area contributed by atoms with Crippen molar-refractivity contribution < 1.29 is 23.7 Å². The van der Waals surface area contributed by atoms with E-state index in [1.807, 2.05) is 0 Å². The molecule has 0 aromatic heterocycles. The molecule has 0 bridgehead atoms. The van der Waals surface area contributed by atoms with Gasteiger partial charge in [0.1, 0.15) is 11.6 Å². The summed E-state index contributed by atoms with van der Waals surface area (Å²) in [4.78, 5) is 25.9. The van der Waals surface area contributed by atoms with E-state index in [4.69, 9.17) is 16.3 Å². The summed E-state index contributed by atoms with van der Waals surface area (Å²) in [5.74, 6) is -1.19. The maximum Gasteiger partial charge on any atom is 0.372 e. The van der Waals surface area contributed by atoms with E-state index in [2.05, 4.69) is 9.99 Å². The van der Waals surface area contributed by atoms with Gasteiger partial charge in [0, 0.05) is 12.1 Å². The molecule has 2 aromatic carbocycles. The number of nitrogens with zero attached hydrogens (tertiary/aromatic N) is 2. The minimum absolute atomic E-state index is 0.0109. The monoisotopic (exact) mass is 352 g/mol. The topological polar surface area (TPSA) is 91.0 Å². The van der Waals surface area contributed by atoms with Gasteiger partial charge in [-0.2, -0.15) is 0 Å². The normalized spacial score (nSPS) is 10.6. The molecule has 0 N–H and O–H groups in total. The largest absolute Gasteiger partial charge is 0.482 e. The number of carbonyl (C=O) groups is 1. The fourth-order valence-corrected chi connectivity index (χ4v) is 1.82. The van der Waals surface area contributed by atoms with Crippen LogP contribution in [0.15, 0.2) is 47.6 Å². The third-order valence-electron chi connectivity index (χ3n) is 2.74. The van der Waals surface area contributed by atoms with Crippen LogP contribution in [0.1, 0.15) is 5.56 Å². The highest BCUT2D eigenvalue weighted by molar-refractivity contribution is 6.33. The molecule has 0 radical (unpaired) electrons. The first kappa shape index (κ1) is 17.4. The van der Waals surface area contributed by atoms with Gasteiger partial charge in [-0.25, -0.2) is 9.18 Å². The van der Waals surface area contributed by atoms with Crippen molar-refractivity contribution in [1.82, 2.24) is 0 Å². The second-order valence-electron chi connectivity index (χ2n) is 4.37. The summed E-state index contributed by atoms with van der Waals surface area (Å²) in [6.07, 6.45) is 0.974. The number of nitro groups is 1. The number of ether oxygens (including phenoxy) is 1. The molecule has 0 unspecified atom stereocenters. The summed E-state index contributed by atoms with van der Waals surface area (Å²) in [7, 11) is 0. The number of oxime groups is 1. The Labute approximate surface area is 140 Å². The highest BCUT2D eigenvalue weighted by Gasteiger charge is 2.08. The minimum atomic E-state index is -0.836. The molecule has 24 heavy (non-hydrogen) atoms. The van der Waals surface area contributed by atoms with Crippen LogP contribution in [0.5, 0.6) is 5.75 Å². The summed E-state index contributed by atoms with van der Waals surface area (Å²) < 4.78 is 18.5. The van der Waals surface area contributed by atoms with Gasteiger partial charge in [0.2, 0.25) is 0 Å². The van der Waals surface area contributed by atoms with E-state index in [1.54, 1.807) is 0 Å². The molecule has 2 aromatic rings. The zero-order valence-corrected chi connectivity index (χ0v) is 12.8. The Balaban J connectivity index is 1.85. The van der Waals surface area contributed by atoms with E-state index in [9.17, 15) is 19.3 Å². The third-order valence-corrected chi connectivity index (χ3v) is 3.07. The summed E-state index contributed by atoms with van der Waals surface area (Å²) >= 11 is 5.78. The second-order valence-corrected chi connectivity index (χ2v) is 4.78. The quantitative estimate of drug-likeness (QED) is 0.344. The van der Waals surface area contributed by atoms with Gasteiger partial charge in [-0.1, -0.05) is 22.8 Å². The van der Waals surface area contributed by atoms with Crippen molar-refractivity contribution in [3.8, 4) is 5.75 Å². The summed E-state index contributed by atoms with van der Waals surface area (Å²) in [6, 6.07) is 9.23. The van der Waals surface area contributed by atoms with Gasteiger partial charge in [-0.15, -0.1) is 0 Å². The molecule has 0 aliphatic carbocycles. The van der Waals surface area contributed by atoms with Gasteiger partial charge in [0.25, 0.3) is 5.69 Å². The maximum atomic E-state index is 13.4. The van der Waals surface area contributed by atoms with Crippen molar-refractivity contribution in [3.63, 3.8) is 0 Å². The van der Waals surface area contributed by atoms with E-state index in [0.717, 1.165) is 6.21 Å². The van der Waals surface area contributed by atoms with Crippen LogP contribution in [-0.4, -0.2) is 23.7 Å². The second kappa shape index (κ2) is 8.02. The summed E-state index contributed by atoms with van der Waals surface area (Å²) in [6.45, 7) is -0.472. The number of rotatable bonds is 6. The number of halogens is 2. The van der Waals surface area contributed by atoms with Crippen molar-refractivity contribution in [3.05, 3.63) is 69.0 Å². The van der Waals surface area contributed by atoms with E-state index in [-0.39, 0.29) is 22.0 Å². The highest BCUT2D eigenvalue weighted by Crippen LogP contribution is 2.18. The van der Waals surface area contributed by atoms with Crippen LogP contribution in [0, 0.1) is 15.9 Å². The fourth-order valence-electron chi connectivity index (χ4n) is 1.60. The van der Waals surface area contributed by atoms with Crippen LogP contribution in [0.25, 0.3) is 0 Å². The van der Waals surface area contributed by atoms with E-state index in [1.165, 1.54) is 42.5 Å². The number of benzene rings is 2. The van der Waals surface area contributed by atoms with Gasteiger partial charge < -0.3 is 9.57 Å². The van der Waals surface area contributed by atoms with Crippen LogP contribution in [-0.2, 0) is 9.63 Å². The lowest BCUT2D eigenvalue weighted by Gasteiger charge is -2.03. The maximum absolute atomic E-state index is 13.4. The Hall–Kier alpha value is -3.00. The lowest BCUT2D eigenvalue weighted by atomic mass is 10.2. The average molecular weight is 353 g/mol. The van der Waals surface area contributed by atoms with Crippen LogP contribution < -0.4 is 4.74 Å². The van der Waals surface area contributed by atoms with Crippen LogP contribution in [0.3, 0.4) is 0 Å². The molecule has 0 fully saturated rings. The van der Waals surface area contributed by atoms with Gasteiger partial charge >= 0.3 is 5.97 Å². The third kappa shape index (κ3) is 4.75. The summed E-state index contributed by atoms with van der Waals surface area (Å²) in [5.41, 5.74) is -0.112. The number of non-ortho nitro benzene ring substituents is 1. The van der Waals surface area contributed by atoms with Gasteiger partial charge in [0.05, 0.1) is 21.7 Å². The predicted molar refractivity (Wildman–Crippen MR) is 83.7 cm³/mol. The number of carbonyl (C=O) groups excluding carboxylic acids is 1. The molecule has 0 saturated carbocycles. The molecule has 0 atom stereocenters. The zero-order chi connectivity index (χ0) is 17.5. The zero-order valence-electron chi connectivity index (χ0n) is 12.0. The summed E-state index contributed by atoms with van der Waals surface area (Å²) in [5, 5.41) is 14.0. The molecule has 2 rings (SSSR count). The Morgan fingerprint density at radius 3 is 2.62 bits per heavy atom. The number of nitro benzene ring substituents is 1. The molecule has 0 heterocycles. The average Bonchev–Trinajstić information content (AvgIpc) is 2.56. The number of hydrogen-bond acceptors (Lipinski definition) is 6. The van der Waals surface area contributed by atoms with Crippen LogP contribution in [0.2, 0.25) is 5.02 Å². The van der Waals surface area contributed by atoms with Crippen molar-refractivity contribution in [2.45, 2.75) is 0 Å². The molecule has 0 amide bonds. The molecule has 7 nitrogen and oxygen atoms in total. The molecule has 9 heteroatoms. The Morgan fingerprint density at radius 2 is 2.00 bits per heavy atom. The van der Waals surface area contributed by atoms with Crippen molar-refractivity contribution >= 4 is 29.5 Å². The first-order valence-corrected chi connectivity index (χ1v) is 6.89. The van der Waals surface area contributed by atoms with Crippen molar-refractivity contribution in [2.75, 3.05) is 6.61 Å². The first-order chi connectivity index (χ1) is 11.5. The molecule has 0 aliphatic rings. The molecule has 124 valence electrons. The van der Waals surface area contributed by atoms with Gasteiger partial charge in [0.15, 0.2) is 6.61 Å². The van der Waals surface area contributed by atoms with Crippen LogP contribution in [0.4, 0.5) is 10.1 Å². The lowest BCUT2D eigenvalue weighted by Crippen LogP contribution is -2.12. The molecule has 0 spiro atoms. The fraction of sp³-hybridized carbons (Fsp3) is 0.0667. The molecule has 0 saturated heterocycles. The Kier molecular flexibility index (Phi) is 5.80. The van der Waals surface area contributed by atoms with Gasteiger partial charge in [-0.05, 0) is 24.3 Å². The standard InChI is InChI=1S/C15H10ClFN2O5/c16-13-2-1-3-14(17)12(13)8-18-24-15(20)9-23-11-6-4-10(5-7-11)19(21)22/h1-8H,9H2. The van der Waals surface area contributed by atoms with E-state index >= 15 is 0 Å². The molecular formula is C15H10ClFN2O5. The predicted octanol–water partition coefficient (Wildman–Crippen LogP) is 3.34. The Morgan fingerprint density at radius 1 is 1.29 bits per heavy atom. The van der Waals surface area contributed by atoms with Crippen LogP contribution >= 0.6 is 11.6 Å². The van der Waals surface area contributed by atoms with Crippen molar-refractivity contribution in [2.24, 2.45) is 5.16 Å². The Bertz CT molecular complexity index is 760. The number of hydrogen-bond donors (Lipinski definition) is 0. The molecule has 0 aliphatic heterocycles. The first-order valence-electron chi connectivity index (χ1n) is 6.52. The SMILES string of the molecule is O=C(COc1ccc([N+](=O)[O-])cc1)ON=Cc1c(F)cccc1Cl. The minimum Gasteiger partial charge on any atom is -0.482 e. The highest BCUT2D eigenvalue weighted by atomic mass is 35.5. The lowest BCUT2D eigenvalue weighted by molar-refractivity contribution is -0.384.